The lowest BCUT2D eigenvalue weighted by atomic mass is 10.1. The smallest absolute Gasteiger partial charge is 0.229 e. The van der Waals surface area contributed by atoms with Crippen LogP contribution in [0.3, 0.4) is 0 Å². The minimum Gasteiger partial charge on any atom is -0.396 e. The Morgan fingerprint density at radius 1 is 1.06 bits per heavy atom. The fourth-order valence-corrected chi connectivity index (χ4v) is 4.84. The van der Waals surface area contributed by atoms with Gasteiger partial charge in [0.15, 0.2) is 0 Å². The van der Waals surface area contributed by atoms with Crippen molar-refractivity contribution in [3.05, 3.63) is 55.0 Å². The Morgan fingerprint density at radius 3 is 2.74 bits per heavy atom. The number of benzene rings is 1. The molecule has 3 atom stereocenters. The van der Waals surface area contributed by atoms with Crippen LogP contribution >= 0.6 is 11.3 Å². The summed E-state index contributed by atoms with van der Waals surface area (Å²) in [5.41, 5.74) is 2.48. The lowest BCUT2D eigenvalue weighted by molar-refractivity contribution is 0.157. The van der Waals surface area contributed by atoms with E-state index in [0.717, 1.165) is 26.5 Å². The van der Waals surface area contributed by atoms with Gasteiger partial charge in [-0.25, -0.2) is 9.97 Å². The maximum Gasteiger partial charge on any atom is 0.229 e. The number of aromatic nitrogens is 4. The first-order valence-electron chi connectivity index (χ1n) is 10.1. The number of nitrogens with zero attached hydrogens (tertiary/aromatic N) is 4. The van der Waals surface area contributed by atoms with E-state index in [1.165, 1.54) is 0 Å². The first-order chi connectivity index (χ1) is 15.2. The van der Waals surface area contributed by atoms with Gasteiger partial charge < -0.3 is 20.8 Å². The number of pyridine rings is 1. The minimum absolute atomic E-state index is 0.0670. The van der Waals surface area contributed by atoms with E-state index in [9.17, 15) is 10.2 Å². The average molecular weight is 435 g/mol. The zero-order valence-corrected chi connectivity index (χ0v) is 17.5. The van der Waals surface area contributed by atoms with Crippen molar-refractivity contribution in [2.45, 2.75) is 25.0 Å². The van der Waals surface area contributed by atoms with Gasteiger partial charge in [-0.15, -0.1) is 11.3 Å². The van der Waals surface area contributed by atoms with E-state index < -0.39 is 6.10 Å². The quantitative estimate of drug-likeness (QED) is 0.365. The molecule has 31 heavy (non-hydrogen) atoms. The average Bonchev–Trinajstić information content (AvgIpc) is 3.38. The zero-order valence-electron chi connectivity index (χ0n) is 16.6. The maximum atomic E-state index is 10.5. The standard InChI is InChI=1S/C22H22N6O2S/c29-12-13-8-17(18(30)9-13)26-20-15(21-27-16-5-1-2-6-19(16)31-21)11-24-22(28-20)25-14-4-3-7-23-10-14/h1-7,10-11,13,17-18,29-30H,8-9,12H2,(H2,24,25,26,28). The Labute approximate surface area is 183 Å². The molecule has 1 fully saturated rings. The Morgan fingerprint density at radius 2 is 1.97 bits per heavy atom. The molecule has 4 aromatic rings. The largest absolute Gasteiger partial charge is 0.396 e. The lowest BCUT2D eigenvalue weighted by Gasteiger charge is -2.19. The molecule has 0 spiro atoms. The molecule has 0 radical (unpaired) electrons. The first kappa shape index (κ1) is 19.8. The molecule has 1 aliphatic carbocycles. The van der Waals surface area contributed by atoms with Crippen LogP contribution in [0.2, 0.25) is 0 Å². The van der Waals surface area contributed by atoms with Gasteiger partial charge in [0.1, 0.15) is 10.8 Å². The highest BCUT2D eigenvalue weighted by atomic mass is 32.1. The van der Waals surface area contributed by atoms with Gasteiger partial charge in [0, 0.05) is 19.0 Å². The van der Waals surface area contributed by atoms with Crippen molar-refractivity contribution in [3.63, 3.8) is 0 Å². The van der Waals surface area contributed by atoms with Crippen molar-refractivity contribution in [3.8, 4) is 10.6 Å². The molecule has 1 aliphatic rings. The minimum atomic E-state index is -0.551. The van der Waals surface area contributed by atoms with Crippen LogP contribution in [0.15, 0.2) is 55.0 Å². The Hall–Kier alpha value is -3.14. The number of hydrogen-bond donors (Lipinski definition) is 4. The molecule has 5 rings (SSSR count). The third-order valence-electron chi connectivity index (χ3n) is 5.44. The van der Waals surface area contributed by atoms with Gasteiger partial charge in [0.05, 0.1) is 39.8 Å². The molecule has 9 heteroatoms. The van der Waals surface area contributed by atoms with Crippen molar-refractivity contribution >= 4 is 39.0 Å². The Kier molecular flexibility index (Phi) is 5.46. The van der Waals surface area contributed by atoms with Crippen LogP contribution in [0.5, 0.6) is 0 Å². The van der Waals surface area contributed by atoms with E-state index in [4.69, 9.17) is 9.97 Å². The summed E-state index contributed by atoms with van der Waals surface area (Å²) in [6, 6.07) is 11.5. The van der Waals surface area contributed by atoms with E-state index >= 15 is 0 Å². The maximum absolute atomic E-state index is 10.5. The van der Waals surface area contributed by atoms with Crippen LogP contribution in [-0.4, -0.2) is 48.9 Å². The second kappa shape index (κ2) is 8.54. The number of nitrogens with one attached hydrogen (secondary N) is 2. The van der Waals surface area contributed by atoms with Gasteiger partial charge in [0.25, 0.3) is 0 Å². The molecule has 3 unspecified atom stereocenters. The van der Waals surface area contributed by atoms with Crippen LogP contribution in [0, 0.1) is 5.92 Å². The first-order valence-corrected chi connectivity index (χ1v) is 11.0. The molecule has 1 saturated carbocycles. The van der Waals surface area contributed by atoms with Crippen LogP contribution in [0.4, 0.5) is 17.5 Å². The fraction of sp³-hybridized carbons (Fsp3) is 0.273. The summed E-state index contributed by atoms with van der Waals surface area (Å²) in [6.45, 7) is 0.0670. The number of fused-ring (bicyclic) bond motifs is 1. The molecule has 3 aromatic heterocycles. The molecule has 8 nitrogen and oxygen atoms in total. The summed E-state index contributed by atoms with van der Waals surface area (Å²) in [5.74, 6) is 1.10. The summed E-state index contributed by atoms with van der Waals surface area (Å²) in [5, 5.41) is 27.3. The number of aliphatic hydroxyl groups excluding tert-OH is 2. The summed E-state index contributed by atoms with van der Waals surface area (Å²) in [6.07, 6.45) is 5.84. The Bertz CT molecular complexity index is 1150. The Balaban J connectivity index is 1.51. The second-order valence-electron chi connectivity index (χ2n) is 7.65. The molecule has 0 saturated heterocycles. The normalized spacial score (nSPS) is 20.8. The topological polar surface area (TPSA) is 116 Å². The highest BCUT2D eigenvalue weighted by Crippen LogP contribution is 2.36. The van der Waals surface area contributed by atoms with Crippen LogP contribution in [0.25, 0.3) is 20.8 Å². The van der Waals surface area contributed by atoms with E-state index in [-0.39, 0.29) is 18.6 Å². The van der Waals surface area contributed by atoms with Crippen LogP contribution in [0.1, 0.15) is 12.8 Å². The van der Waals surface area contributed by atoms with Gasteiger partial charge in [-0.2, -0.15) is 4.98 Å². The summed E-state index contributed by atoms with van der Waals surface area (Å²) in [4.78, 5) is 18.0. The predicted molar refractivity (Wildman–Crippen MR) is 121 cm³/mol. The van der Waals surface area contributed by atoms with E-state index in [1.807, 2.05) is 36.4 Å². The molecule has 1 aromatic carbocycles. The van der Waals surface area contributed by atoms with E-state index in [2.05, 4.69) is 20.6 Å². The number of anilines is 3. The highest BCUT2D eigenvalue weighted by Gasteiger charge is 2.33. The monoisotopic (exact) mass is 434 g/mol. The lowest BCUT2D eigenvalue weighted by Crippen LogP contribution is -2.28. The van der Waals surface area contributed by atoms with Crippen LogP contribution in [-0.2, 0) is 0 Å². The predicted octanol–water partition coefficient (Wildman–Crippen LogP) is 3.44. The molecule has 158 valence electrons. The van der Waals surface area contributed by atoms with Crippen molar-refractivity contribution < 1.29 is 10.2 Å². The van der Waals surface area contributed by atoms with Gasteiger partial charge in [-0.1, -0.05) is 12.1 Å². The highest BCUT2D eigenvalue weighted by molar-refractivity contribution is 7.21. The van der Waals surface area contributed by atoms with Gasteiger partial charge in [-0.05, 0) is 43.0 Å². The number of thiazole rings is 1. The summed E-state index contributed by atoms with van der Waals surface area (Å²) >= 11 is 1.57. The second-order valence-corrected chi connectivity index (χ2v) is 8.68. The summed E-state index contributed by atoms with van der Waals surface area (Å²) in [7, 11) is 0. The number of para-hydroxylation sites is 1. The van der Waals surface area contributed by atoms with E-state index in [0.29, 0.717) is 24.6 Å². The molecule has 0 bridgehead atoms. The molecule has 4 N–H and O–H groups in total. The number of aliphatic hydroxyl groups is 2. The van der Waals surface area contributed by atoms with Gasteiger partial charge in [-0.3, -0.25) is 4.98 Å². The SMILES string of the molecule is OCC1CC(O)C(Nc2nc(Nc3cccnc3)ncc2-c2nc3ccccc3s2)C1. The van der Waals surface area contributed by atoms with Crippen LogP contribution < -0.4 is 10.6 Å². The number of hydrogen-bond acceptors (Lipinski definition) is 9. The molecule has 0 amide bonds. The molecular weight excluding hydrogens is 412 g/mol. The van der Waals surface area contributed by atoms with Gasteiger partial charge in [0.2, 0.25) is 5.95 Å². The third kappa shape index (κ3) is 4.20. The van der Waals surface area contributed by atoms with Crippen molar-refractivity contribution in [1.29, 1.82) is 0 Å². The third-order valence-corrected chi connectivity index (χ3v) is 6.51. The van der Waals surface area contributed by atoms with E-state index in [1.54, 1.807) is 29.9 Å². The van der Waals surface area contributed by atoms with Gasteiger partial charge >= 0.3 is 0 Å². The molecule has 3 heterocycles. The van der Waals surface area contributed by atoms with Crippen molar-refractivity contribution in [2.24, 2.45) is 5.92 Å². The summed E-state index contributed by atoms with van der Waals surface area (Å²) < 4.78 is 1.09. The molecular formula is C22H22N6O2S. The fourth-order valence-electron chi connectivity index (χ4n) is 3.86. The van der Waals surface area contributed by atoms with Crippen molar-refractivity contribution in [1.82, 2.24) is 19.9 Å². The van der Waals surface area contributed by atoms with Crippen molar-refractivity contribution in [2.75, 3.05) is 17.2 Å². The molecule has 0 aliphatic heterocycles. The zero-order chi connectivity index (χ0) is 21.2. The number of rotatable bonds is 6.